The molecule has 4 nitrogen and oxygen atoms in total. The van der Waals surface area contributed by atoms with Gasteiger partial charge in [-0.2, -0.15) is 0 Å². The van der Waals surface area contributed by atoms with E-state index in [-0.39, 0.29) is 23.5 Å². The molecule has 1 saturated heterocycles. The zero-order chi connectivity index (χ0) is 13.3. The Morgan fingerprint density at radius 3 is 2.53 bits per heavy atom. The first-order chi connectivity index (χ1) is 7.69. The van der Waals surface area contributed by atoms with Crippen LogP contribution in [0.4, 0.5) is 0 Å². The fourth-order valence-electron chi connectivity index (χ4n) is 1.56. The lowest BCUT2D eigenvalue weighted by Gasteiger charge is -2.41. The highest BCUT2D eigenvalue weighted by atomic mass is 28.4. The van der Waals surface area contributed by atoms with Gasteiger partial charge in [-0.05, 0) is 24.6 Å². The number of carbonyl (C=O) groups is 1. The van der Waals surface area contributed by atoms with Crippen LogP contribution in [0.15, 0.2) is 0 Å². The highest BCUT2D eigenvalue weighted by Gasteiger charge is 2.44. The lowest BCUT2D eigenvalue weighted by atomic mass is 9.98. The fourth-order valence-corrected chi connectivity index (χ4v) is 2.84. The molecule has 1 N–H and O–H groups in total. The number of cyclic esters (lactones) is 1. The molecular formula is C12H24O4Si. The van der Waals surface area contributed by atoms with Gasteiger partial charge in [-0.1, -0.05) is 20.8 Å². The summed E-state index contributed by atoms with van der Waals surface area (Å²) in [4.78, 5) is 11.7. The van der Waals surface area contributed by atoms with Crippen LogP contribution in [0.2, 0.25) is 18.1 Å². The molecule has 0 aromatic heterocycles. The number of carbonyl (C=O) groups excluding carboxylic acids is 1. The number of esters is 1. The van der Waals surface area contributed by atoms with E-state index < -0.39 is 14.4 Å². The van der Waals surface area contributed by atoms with Crippen molar-refractivity contribution < 1.29 is 19.1 Å². The van der Waals surface area contributed by atoms with Gasteiger partial charge in [0.1, 0.15) is 6.10 Å². The van der Waals surface area contributed by atoms with E-state index in [1.54, 1.807) is 0 Å². The van der Waals surface area contributed by atoms with Gasteiger partial charge in [0, 0.05) is 12.5 Å². The van der Waals surface area contributed by atoms with E-state index in [9.17, 15) is 9.90 Å². The Kier molecular flexibility index (Phi) is 4.38. The number of hydrogen-bond donors (Lipinski definition) is 1. The van der Waals surface area contributed by atoms with Crippen molar-refractivity contribution in [1.29, 1.82) is 0 Å². The summed E-state index contributed by atoms with van der Waals surface area (Å²) in [5.74, 6) is -0.439. The predicted molar refractivity (Wildman–Crippen MR) is 68.2 cm³/mol. The SMILES string of the molecule is CC(C)(C)[Si](C)(C)OC1C(=O)OCCC1CO. The van der Waals surface area contributed by atoms with E-state index in [1.807, 2.05) is 0 Å². The third-order valence-electron chi connectivity index (χ3n) is 3.86. The summed E-state index contributed by atoms with van der Waals surface area (Å²) in [5, 5.41) is 9.35. The summed E-state index contributed by atoms with van der Waals surface area (Å²) in [6, 6.07) is 0. The topological polar surface area (TPSA) is 55.8 Å². The molecule has 17 heavy (non-hydrogen) atoms. The zero-order valence-corrected chi connectivity index (χ0v) is 12.4. The molecule has 1 rings (SSSR count). The summed E-state index contributed by atoms with van der Waals surface area (Å²) in [5.41, 5.74) is 0. The molecule has 2 unspecified atom stereocenters. The van der Waals surface area contributed by atoms with Crippen LogP contribution in [0, 0.1) is 5.92 Å². The molecule has 0 bridgehead atoms. The smallest absolute Gasteiger partial charge is 0.334 e. The second-order valence-electron chi connectivity index (χ2n) is 6.20. The Balaban J connectivity index is 2.80. The van der Waals surface area contributed by atoms with E-state index in [0.717, 1.165) is 0 Å². The van der Waals surface area contributed by atoms with Gasteiger partial charge in [0.2, 0.25) is 0 Å². The van der Waals surface area contributed by atoms with Crippen molar-refractivity contribution >= 4 is 14.3 Å². The van der Waals surface area contributed by atoms with E-state index >= 15 is 0 Å². The average molecular weight is 260 g/mol. The van der Waals surface area contributed by atoms with Crippen LogP contribution in [0.1, 0.15) is 27.2 Å². The van der Waals surface area contributed by atoms with Gasteiger partial charge in [0.15, 0.2) is 8.32 Å². The fraction of sp³-hybridized carbons (Fsp3) is 0.917. The summed E-state index contributed by atoms with van der Waals surface area (Å²) in [7, 11) is -2.00. The number of hydrogen-bond acceptors (Lipinski definition) is 4. The van der Waals surface area contributed by atoms with Crippen molar-refractivity contribution in [3.05, 3.63) is 0 Å². The van der Waals surface area contributed by atoms with Gasteiger partial charge >= 0.3 is 5.97 Å². The first-order valence-electron chi connectivity index (χ1n) is 6.14. The molecule has 0 amide bonds. The first-order valence-corrected chi connectivity index (χ1v) is 9.05. The van der Waals surface area contributed by atoms with Crippen molar-refractivity contribution in [2.24, 2.45) is 5.92 Å². The number of ether oxygens (including phenoxy) is 1. The Morgan fingerprint density at radius 1 is 1.47 bits per heavy atom. The predicted octanol–water partition coefficient (Wildman–Crippen LogP) is 1.93. The standard InChI is InChI=1S/C12H24O4Si/c1-12(2,3)17(4,5)16-10-9(8-13)6-7-15-11(10)14/h9-10,13H,6-8H2,1-5H3. The Labute approximate surface area is 104 Å². The maximum Gasteiger partial charge on any atom is 0.334 e. The van der Waals surface area contributed by atoms with E-state index in [4.69, 9.17) is 9.16 Å². The van der Waals surface area contributed by atoms with Crippen LogP contribution < -0.4 is 0 Å². The number of rotatable bonds is 3. The molecule has 1 fully saturated rings. The van der Waals surface area contributed by atoms with Crippen LogP contribution >= 0.6 is 0 Å². The molecule has 0 aromatic rings. The van der Waals surface area contributed by atoms with Gasteiger partial charge in [-0.25, -0.2) is 4.79 Å². The third kappa shape index (κ3) is 3.30. The summed E-state index contributed by atoms with van der Waals surface area (Å²) < 4.78 is 11.1. The highest BCUT2D eigenvalue weighted by Crippen LogP contribution is 2.38. The average Bonchev–Trinajstić information content (AvgIpc) is 2.19. The summed E-state index contributed by atoms with van der Waals surface area (Å²) in [6.45, 7) is 11.0. The molecule has 0 saturated carbocycles. The molecule has 0 radical (unpaired) electrons. The molecule has 0 aliphatic carbocycles. The Morgan fingerprint density at radius 2 is 2.06 bits per heavy atom. The molecular weight excluding hydrogens is 236 g/mol. The molecule has 1 aliphatic heterocycles. The molecule has 2 atom stereocenters. The van der Waals surface area contributed by atoms with Crippen LogP contribution in [-0.4, -0.2) is 38.7 Å². The van der Waals surface area contributed by atoms with Crippen molar-refractivity contribution in [3.8, 4) is 0 Å². The van der Waals surface area contributed by atoms with Gasteiger partial charge < -0.3 is 14.3 Å². The second-order valence-corrected chi connectivity index (χ2v) is 11.0. The Hall–Kier alpha value is -0.393. The lowest BCUT2D eigenvalue weighted by Crippen LogP contribution is -2.51. The zero-order valence-electron chi connectivity index (χ0n) is 11.4. The molecule has 0 aromatic carbocycles. The molecule has 100 valence electrons. The van der Waals surface area contributed by atoms with Gasteiger partial charge in [0.25, 0.3) is 0 Å². The molecule has 5 heteroatoms. The Bertz CT molecular complexity index is 283. The van der Waals surface area contributed by atoms with Crippen molar-refractivity contribution in [1.82, 2.24) is 0 Å². The maximum absolute atomic E-state index is 11.7. The summed E-state index contributed by atoms with van der Waals surface area (Å²) in [6.07, 6.45) is 0.0938. The van der Waals surface area contributed by atoms with E-state index in [2.05, 4.69) is 33.9 Å². The van der Waals surface area contributed by atoms with Gasteiger partial charge in [0.05, 0.1) is 6.61 Å². The summed E-state index contributed by atoms with van der Waals surface area (Å²) >= 11 is 0. The number of aliphatic hydroxyl groups is 1. The number of aliphatic hydroxyl groups excluding tert-OH is 1. The molecule has 1 aliphatic rings. The van der Waals surface area contributed by atoms with E-state index in [1.165, 1.54) is 0 Å². The third-order valence-corrected chi connectivity index (χ3v) is 8.31. The first kappa shape index (κ1) is 14.7. The van der Waals surface area contributed by atoms with E-state index in [0.29, 0.717) is 13.0 Å². The molecule has 0 spiro atoms. The van der Waals surface area contributed by atoms with Crippen molar-refractivity contribution in [3.63, 3.8) is 0 Å². The van der Waals surface area contributed by atoms with Crippen LogP contribution in [-0.2, 0) is 14.0 Å². The minimum Gasteiger partial charge on any atom is -0.464 e. The second kappa shape index (κ2) is 5.08. The minimum absolute atomic E-state index is 0.0195. The molecule has 1 heterocycles. The quantitative estimate of drug-likeness (QED) is 0.622. The monoisotopic (exact) mass is 260 g/mol. The van der Waals surface area contributed by atoms with Gasteiger partial charge in [-0.15, -0.1) is 0 Å². The largest absolute Gasteiger partial charge is 0.464 e. The normalized spacial score (nSPS) is 26.8. The van der Waals surface area contributed by atoms with Crippen molar-refractivity contribution in [2.75, 3.05) is 13.2 Å². The minimum atomic E-state index is -2.00. The van der Waals surface area contributed by atoms with Crippen LogP contribution in [0.3, 0.4) is 0 Å². The lowest BCUT2D eigenvalue weighted by molar-refractivity contribution is -0.164. The van der Waals surface area contributed by atoms with Crippen molar-refractivity contribution in [2.45, 2.75) is 51.4 Å². The van der Waals surface area contributed by atoms with Gasteiger partial charge in [-0.3, -0.25) is 0 Å². The van der Waals surface area contributed by atoms with Crippen LogP contribution in [0.25, 0.3) is 0 Å². The van der Waals surface area contributed by atoms with Crippen LogP contribution in [0.5, 0.6) is 0 Å². The highest BCUT2D eigenvalue weighted by molar-refractivity contribution is 6.74. The maximum atomic E-state index is 11.7.